The monoisotopic (exact) mass is 458 g/mol. The normalized spacial score (nSPS) is 13.9. The van der Waals surface area contributed by atoms with E-state index in [0.29, 0.717) is 23.5 Å². The molecule has 1 aromatic heterocycles. The summed E-state index contributed by atoms with van der Waals surface area (Å²) in [6, 6.07) is 20.9. The number of ether oxygens (including phenoxy) is 1. The summed E-state index contributed by atoms with van der Waals surface area (Å²) in [5.74, 6) is 1.35. The van der Waals surface area contributed by atoms with Crippen LogP contribution in [0.3, 0.4) is 0 Å². The third-order valence-corrected chi connectivity index (χ3v) is 6.08. The molecule has 7 heteroatoms. The molecule has 7 nitrogen and oxygen atoms in total. The number of hydrogen-bond donors (Lipinski definition) is 2. The van der Waals surface area contributed by atoms with Crippen LogP contribution in [0.4, 0.5) is 11.5 Å². The lowest BCUT2D eigenvalue weighted by Gasteiger charge is -2.32. The Hall–Kier alpha value is -3.87. The minimum atomic E-state index is -0.204. The Balaban J connectivity index is 1.28. The molecule has 2 amide bonds. The van der Waals surface area contributed by atoms with Gasteiger partial charge in [-0.05, 0) is 49.1 Å². The predicted molar refractivity (Wildman–Crippen MR) is 133 cm³/mol. The molecule has 2 heterocycles. The minimum absolute atomic E-state index is 0.00608. The van der Waals surface area contributed by atoms with E-state index in [0.717, 1.165) is 38.2 Å². The van der Waals surface area contributed by atoms with E-state index in [1.165, 1.54) is 5.56 Å². The van der Waals surface area contributed by atoms with Crippen molar-refractivity contribution < 1.29 is 14.3 Å². The number of nitrogens with one attached hydrogen (secondary N) is 2. The van der Waals surface area contributed by atoms with E-state index in [2.05, 4.69) is 32.7 Å². The fourth-order valence-corrected chi connectivity index (χ4v) is 4.13. The molecule has 176 valence electrons. The Morgan fingerprint density at radius 3 is 2.59 bits per heavy atom. The summed E-state index contributed by atoms with van der Waals surface area (Å²) < 4.78 is 5.21. The van der Waals surface area contributed by atoms with Crippen molar-refractivity contribution in [3.63, 3.8) is 0 Å². The van der Waals surface area contributed by atoms with Crippen LogP contribution < -0.4 is 20.3 Å². The van der Waals surface area contributed by atoms with E-state index >= 15 is 0 Å². The van der Waals surface area contributed by atoms with E-state index in [-0.39, 0.29) is 17.7 Å². The van der Waals surface area contributed by atoms with Crippen LogP contribution in [0.2, 0.25) is 0 Å². The Labute approximate surface area is 200 Å². The van der Waals surface area contributed by atoms with Gasteiger partial charge in [0.05, 0.1) is 7.11 Å². The molecule has 2 N–H and O–H groups in total. The van der Waals surface area contributed by atoms with Crippen molar-refractivity contribution in [2.75, 3.05) is 37.0 Å². The lowest BCUT2D eigenvalue weighted by Crippen LogP contribution is -2.41. The van der Waals surface area contributed by atoms with E-state index in [4.69, 9.17) is 4.74 Å². The van der Waals surface area contributed by atoms with Crippen molar-refractivity contribution in [1.29, 1.82) is 0 Å². The van der Waals surface area contributed by atoms with Gasteiger partial charge in [0, 0.05) is 49.1 Å². The standard InChI is InChI=1S/C27H30N4O3/c1-34-24-9-5-8-23(19-24)30-27(33)22-11-15-28-25(18-22)31-16-12-21(13-17-31)26(32)29-14-10-20-6-3-2-4-7-20/h2-9,11,15,18-19,21H,10,12-14,16-17H2,1H3,(H,29,32)(H,30,33). The van der Waals surface area contributed by atoms with Crippen LogP contribution in [0, 0.1) is 5.92 Å². The van der Waals surface area contributed by atoms with Crippen LogP contribution in [-0.4, -0.2) is 43.5 Å². The summed E-state index contributed by atoms with van der Waals surface area (Å²) in [6.45, 7) is 2.10. The maximum absolute atomic E-state index is 12.7. The third kappa shape index (κ3) is 6.13. The highest BCUT2D eigenvalue weighted by molar-refractivity contribution is 6.04. The van der Waals surface area contributed by atoms with Crippen LogP contribution >= 0.6 is 0 Å². The molecule has 0 spiro atoms. The second kappa shape index (κ2) is 11.3. The van der Waals surface area contributed by atoms with E-state index < -0.39 is 0 Å². The Morgan fingerprint density at radius 1 is 1.03 bits per heavy atom. The SMILES string of the molecule is COc1cccc(NC(=O)c2ccnc(N3CCC(C(=O)NCCc4ccccc4)CC3)c2)c1. The minimum Gasteiger partial charge on any atom is -0.497 e. The number of amides is 2. The highest BCUT2D eigenvalue weighted by Gasteiger charge is 2.25. The van der Waals surface area contributed by atoms with Gasteiger partial charge in [-0.15, -0.1) is 0 Å². The summed E-state index contributed by atoms with van der Waals surface area (Å²) in [5, 5.41) is 5.97. The van der Waals surface area contributed by atoms with E-state index in [1.807, 2.05) is 36.4 Å². The fourth-order valence-electron chi connectivity index (χ4n) is 4.13. The Kier molecular flexibility index (Phi) is 7.75. The van der Waals surface area contributed by atoms with Crippen LogP contribution in [0.5, 0.6) is 5.75 Å². The van der Waals surface area contributed by atoms with Gasteiger partial charge in [0.25, 0.3) is 5.91 Å². The molecule has 3 aromatic rings. The van der Waals surface area contributed by atoms with Gasteiger partial charge in [-0.1, -0.05) is 36.4 Å². The first-order chi connectivity index (χ1) is 16.6. The quantitative estimate of drug-likeness (QED) is 0.535. The average molecular weight is 459 g/mol. The van der Waals surface area contributed by atoms with Crippen LogP contribution in [0.25, 0.3) is 0 Å². The average Bonchev–Trinajstić information content (AvgIpc) is 2.89. The molecule has 1 saturated heterocycles. The Bertz CT molecular complexity index is 1110. The van der Waals surface area contributed by atoms with Gasteiger partial charge >= 0.3 is 0 Å². The maximum atomic E-state index is 12.7. The van der Waals surface area contributed by atoms with Gasteiger partial charge in [-0.3, -0.25) is 9.59 Å². The second-order valence-corrected chi connectivity index (χ2v) is 8.38. The molecule has 0 saturated carbocycles. The van der Waals surface area contributed by atoms with Crippen molar-refractivity contribution in [2.24, 2.45) is 5.92 Å². The van der Waals surface area contributed by atoms with Crippen molar-refractivity contribution in [3.8, 4) is 5.75 Å². The van der Waals surface area contributed by atoms with Gasteiger partial charge in [-0.2, -0.15) is 0 Å². The van der Waals surface area contributed by atoms with Gasteiger partial charge in [0.1, 0.15) is 11.6 Å². The van der Waals surface area contributed by atoms with Crippen molar-refractivity contribution in [1.82, 2.24) is 10.3 Å². The zero-order valence-electron chi connectivity index (χ0n) is 19.4. The number of piperidine rings is 1. The molecule has 0 bridgehead atoms. The molecule has 0 radical (unpaired) electrons. The first-order valence-electron chi connectivity index (χ1n) is 11.6. The van der Waals surface area contributed by atoms with E-state index in [9.17, 15) is 9.59 Å². The van der Waals surface area contributed by atoms with Crippen LogP contribution in [0.1, 0.15) is 28.8 Å². The topological polar surface area (TPSA) is 83.6 Å². The molecule has 2 aromatic carbocycles. The smallest absolute Gasteiger partial charge is 0.255 e. The van der Waals surface area contributed by atoms with Crippen molar-refractivity contribution in [3.05, 3.63) is 84.1 Å². The molecule has 0 atom stereocenters. The number of carbonyl (C=O) groups is 2. The first kappa shape index (κ1) is 23.3. The van der Waals surface area contributed by atoms with Crippen molar-refractivity contribution >= 4 is 23.3 Å². The summed E-state index contributed by atoms with van der Waals surface area (Å²) >= 11 is 0. The zero-order chi connectivity index (χ0) is 23.8. The lowest BCUT2D eigenvalue weighted by molar-refractivity contribution is -0.125. The highest BCUT2D eigenvalue weighted by atomic mass is 16.5. The van der Waals surface area contributed by atoms with Gasteiger partial charge in [0.2, 0.25) is 5.91 Å². The number of aromatic nitrogens is 1. The Morgan fingerprint density at radius 2 is 1.82 bits per heavy atom. The van der Waals surface area contributed by atoms with Crippen LogP contribution in [-0.2, 0) is 11.2 Å². The summed E-state index contributed by atoms with van der Waals surface area (Å²) in [5.41, 5.74) is 2.43. The number of pyridine rings is 1. The fraction of sp³-hybridized carbons (Fsp3) is 0.296. The second-order valence-electron chi connectivity index (χ2n) is 8.38. The molecule has 1 fully saturated rings. The number of methoxy groups -OCH3 is 1. The number of hydrogen-bond acceptors (Lipinski definition) is 5. The van der Waals surface area contributed by atoms with Crippen molar-refractivity contribution in [2.45, 2.75) is 19.3 Å². The zero-order valence-corrected chi connectivity index (χ0v) is 19.4. The summed E-state index contributed by atoms with van der Waals surface area (Å²) in [6.07, 6.45) is 4.01. The molecule has 0 aliphatic carbocycles. The molecule has 1 aliphatic heterocycles. The number of rotatable bonds is 8. The summed E-state index contributed by atoms with van der Waals surface area (Å²) in [4.78, 5) is 31.9. The first-order valence-corrected chi connectivity index (χ1v) is 11.6. The third-order valence-electron chi connectivity index (χ3n) is 6.08. The number of nitrogens with zero attached hydrogens (tertiary/aromatic N) is 2. The largest absolute Gasteiger partial charge is 0.497 e. The maximum Gasteiger partial charge on any atom is 0.255 e. The van der Waals surface area contributed by atoms with Gasteiger partial charge < -0.3 is 20.3 Å². The lowest BCUT2D eigenvalue weighted by atomic mass is 9.95. The number of anilines is 2. The molecule has 4 rings (SSSR count). The molecular formula is C27H30N4O3. The van der Waals surface area contributed by atoms with Gasteiger partial charge in [-0.25, -0.2) is 4.98 Å². The van der Waals surface area contributed by atoms with Crippen LogP contribution in [0.15, 0.2) is 72.9 Å². The molecule has 34 heavy (non-hydrogen) atoms. The predicted octanol–water partition coefficient (Wildman–Crippen LogP) is 3.92. The molecule has 0 unspecified atom stereocenters. The number of benzene rings is 2. The summed E-state index contributed by atoms with van der Waals surface area (Å²) in [7, 11) is 1.59. The highest BCUT2D eigenvalue weighted by Crippen LogP contribution is 2.23. The van der Waals surface area contributed by atoms with E-state index in [1.54, 1.807) is 31.5 Å². The molecule has 1 aliphatic rings. The van der Waals surface area contributed by atoms with Gasteiger partial charge in [0.15, 0.2) is 0 Å². The molecular weight excluding hydrogens is 428 g/mol. The number of carbonyl (C=O) groups excluding carboxylic acids is 2.